The quantitative estimate of drug-likeness (QED) is 0.913. The van der Waals surface area contributed by atoms with E-state index < -0.39 is 0 Å². The maximum Gasteiger partial charge on any atom is 0.297 e. The maximum atomic E-state index is 13.3. The number of rotatable bonds is 5. The van der Waals surface area contributed by atoms with Gasteiger partial charge >= 0.3 is 0 Å². The Morgan fingerprint density at radius 3 is 2.85 bits per heavy atom. The van der Waals surface area contributed by atoms with Crippen LogP contribution in [0.4, 0.5) is 10.1 Å². The van der Waals surface area contributed by atoms with E-state index in [1.807, 2.05) is 13.8 Å². The summed E-state index contributed by atoms with van der Waals surface area (Å²) < 4.78 is 13.3. The lowest BCUT2D eigenvalue weighted by atomic mass is 10.2. The minimum atomic E-state index is -0.379. The molecule has 0 saturated heterocycles. The molecule has 0 aliphatic carbocycles. The molecule has 0 atom stereocenters. The third-order valence-electron chi connectivity index (χ3n) is 2.89. The second-order valence-corrected chi connectivity index (χ2v) is 4.38. The molecule has 2 aromatic rings. The van der Waals surface area contributed by atoms with Gasteiger partial charge in [0.25, 0.3) is 5.91 Å². The Kier molecular flexibility index (Phi) is 4.45. The number of hydrogen-bond acceptors (Lipinski definition) is 3. The lowest BCUT2D eigenvalue weighted by Crippen LogP contribution is -2.31. The van der Waals surface area contributed by atoms with E-state index in [1.165, 1.54) is 17.0 Å². The average Bonchev–Trinajstić information content (AvgIpc) is 2.89. The molecule has 1 N–H and O–H groups in total. The van der Waals surface area contributed by atoms with Crippen LogP contribution in [0.5, 0.6) is 0 Å². The van der Waals surface area contributed by atoms with Gasteiger partial charge in [-0.25, -0.2) is 9.37 Å². The third kappa shape index (κ3) is 3.01. The summed E-state index contributed by atoms with van der Waals surface area (Å²) in [6.45, 7) is 4.26. The Balaban J connectivity index is 2.24. The van der Waals surface area contributed by atoms with Crippen LogP contribution >= 0.6 is 0 Å². The van der Waals surface area contributed by atoms with E-state index in [1.54, 1.807) is 12.1 Å². The van der Waals surface area contributed by atoms with Gasteiger partial charge in [0, 0.05) is 18.7 Å². The fourth-order valence-electron chi connectivity index (χ4n) is 1.95. The highest BCUT2D eigenvalue weighted by Crippen LogP contribution is 2.17. The normalized spacial score (nSPS) is 10.6. The van der Waals surface area contributed by atoms with Crippen molar-refractivity contribution in [1.82, 2.24) is 15.2 Å². The zero-order valence-corrected chi connectivity index (χ0v) is 11.6. The number of amides is 1. The molecule has 0 spiro atoms. The third-order valence-corrected chi connectivity index (χ3v) is 2.89. The van der Waals surface area contributed by atoms with E-state index >= 15 is 0 Å². The Morgan fingerprint density at radius 1 is 1.40 bits per heavy atom. The van der Waals surface area contributed by atoms with Crippen molar-refractivity contribution in [1.29, 1.82) is 0 Å². The summed E-state index contributed by atoms with van der Waals surface area (Å²) in [5.41, 5.74) is 0.499. The molecule has 1 amide bonds. The van der Waals surface area contributed by atoms with Crippen molar-refractivity contribution in [3.63, 3.8) is 0 Å². The van der Waals surface area contributed by atoms with Gasteiger partial charge in [0.2, 0.25) is 5.82 Å². The predicted octanol–water partition coefficient (Wildman–Crippen LogP) is 2.56. The smallest absolute Gasteiger partial charge is 0.297 e. The highest BCUT2D eigenvalue weighted by Gasteiger charge is 2.20. The number of aromatic amines is 1. The van der Waals surface area contributed by atoms with E-state index in [9.17, 15) is 9.18 Å². The van der Waals surface area contributed by atoms with Crippen LogP contribution in [-0.2, 0) is 6.42 Å². The summed E-state index contributed by atoms with van der Waals surface area (Å²) in [7, 11) is 0. The first-order chi connectivity index (χ1) is 9.65. The number of H-pyrrole nitrogens is 1. The van der Waals surface area contributed by atoms with Crippen LogP contribution in [0, 0.1) is 5.82 Å². The number of halogens is 1. The van der Waals surface area contributed by atoms with E-state index in [2.05, 4.69) is 15.2 Å². The fraction of sp³-hybridized carbons (Fsp3) is 0.357. The van der Waals surface area contributed by atoms with Crippen molar-refractivity contribution in [3.05, 3.63) is 41.7 Å². The van der Waals surface area contributed by atoms with Gasteiger partial charge in [-0.2, -0.15) is 0 Å². The Bertz CT molecular complexity index is 596. The van der Waals surface area contributed by atoms with Crippen LogP contribution in [0.15, 0.2) is 24.3 Å². The van der Waals surface area contributed by atoms with Crippen LogP contribution in [0.25, 0.3) is 0 Å². The summed E-state index contributed by atoms with van der Waals surface area (Å²) in [5, 5.41) is 6.68. The van der Waals surface area contributed by atoms with Crippen LogP contribution < -0.4 is 4.90 Å². The number of anilines is 1. The van der Waals surface area contributed by atoms with Crippen molar-refractivity contribution in [2.24, 2.45) is 0 Å². The summed E-state index contributed by atoms with van der Waals surface area (Å²) in [4.78, 5) is 18.0. The molecule has 2 rings (SSSR count). The molecule has 0 aliphatic rings. The van der Waals surface area contributed by atoms with E-state index in [0.717, 1.165) is 12.8 Å². The molecule has 1 aromatic carbocycles. The molecule has 0 bridgehead atoms. The Hall–Kier alpha value is -2.24. The molecule has 5 nitrogen and oxygen atoms in total. The molecule has 0 aliphatic heterocycles. The van der Waals surface area contributed by atoms with E-state index in [0.29, 0.717) is 18.1 Å². The van der Waals surface area contributed by atoms with Gasteiger partial charge in [0.1, 0.15) is 11.6 Å². The number of carbonyl (C=O) groups is 1. The number of aryl methyl sites for hydroxylation is 1. The van der Waals surface area contributed by atoms with Gasteiger partial charge in [-0.1, -0.05) is 13.0 Å². The molecular weight excluding hydrogens is 259 g/mol. The van der Waals surface area contributed by atoms with Gasteiger partial charge in [-0.05, 0) is 31.5 Å². The summed E-state index contributed by atoms with van der Waals surface area (Å²) >= 11 is 0. The number of nitrogens with one attached hydrogen (secondary N) is 1. The Labute approximate surface area is 116 Å². The molecule has 106 valence electrons. The zero-order chi connectivity index (χ0) is 14.5. The standard InChI is InChI=1S/C14H17FN4O/c1-3-6-12-16-13(18-17-12)14(20)19(4-2)11-8-5-7-10(15)9-11/h5,7-9H,3-4,6H2,1-2H3,(H,16,17,18). The second-order valence-electron chi connectivity index (χ2n) is 4.38. The second kappa shape index (κ2) is 6.27. The molecule has 20 heavy (non-hydrogen) atoms. The minimum absolute atomic E-state index is 0.111. The molecule has 0 fully saturated rings. The van der Waals surface area contributed by atoms with Crippen molar-refractivity contribution in [2.45, 2.75) is 26.7 Å². The van der Waals surface area contributed by atoms with Gasteiger partial charge in [0.15, 0.2) is 0 Å². The summed E-state index contributed by atoms with van der Waals surface area (Å²) in [6, 6.07) is 5.92. The van der Waals surface area contributed by atoms with Crippen LogP contribution in [0.1, 0.15) is 36.7 Å². The minimum Gasteiger partial charge on any atom is -0.306 e. The SMILES string of the molecule is CCCc1nc(C(=O)N(CC)c2cccc(F)c2)n[nH]1. The van der Waals surface area contributed by atoms with E-state index in [4.69, 9.17) is 0 Å². The van der Waals surface area contributed by atoms with Crippen LogP contribution in [0.3, 0.4) is 0 Å². The average molecular weight is 276 g/mol. The molecule has 0 unspecified atom stereocenters. The summed E-state index contributed by atoms with van der Waals surface area (Å²) in [5.74, 6) is 0.0813. The monoisotopic (exact) mass is 276 g/mol. The topological polar surface area (TPSA) is 61.9 Å². The highest BCUT2D eigenvalue weighted by molar-refractivity contribution is 6.03. The predicted molar refractivity (Wildman–Crippen MR) is 74.1 cm³/mol. The van der Waals surface area contributed by atoms with Crippen molar-refractivity contribution in [2.75, 3.05) is 11.4 Å². The first kappa shape index (κ1) is 14.2. The maximum absolute atomic E-state index is 13.3. The molecule has 1 heterocycles. The highest BCUT2D eigenvalue weighted by atomic mass is 19.1. The summed E-state index contributed by atoms with van der Waals surface area (Å²) in [6.07, 6.45) is 1.66. The van der Waals surface area contributed by atoms with Gasteiger partial charge in [0.05, 0.1) is 0 Å². The fourth-order valence-corrected chi connectivity index (χ4v) is 1.95. The van der Waals surface area contributed by atoms with Crippen LogP contribution in [0.2, 0.25) is 0 Å². The number of carbonyl (C=O) groups excluding carboxylic acids is 1. The molecule has 6 heteroatoms. The zero-order valence-electron chi connectivity index (χ0n) is 11.6. The van der Waals surface area contributed by atoms with Gasteiger partial charge in [-0.15, -0.1) is 5.10 Å². The van der Waals surface area contributed by atoms with Crippen molar-refractivity contribution in [3.8, 4) is 0 Å². The lowest BCUT2D eigenvalue weighted by Gasteiger charge is -2.19. The number of benzene rings is 1. The number of hydrogen-bond donors (Lipinski definition) is 1. The Morgan fingerprint density at radius 2 is 2.20 bits per heavy atom. The van der Waals surface area contributed by atoms with Crippen LogP contribution in [-0.4, -0.2) is 27.6 Å². The molecule has 0 radical (unpaired) electrons. The van der Waals surface area contributed by atoms with Gasteiger partial charge in [-0.3, -0.25) is 9.89 Å². The van der Waals surface area contributed by atoms with E-state index in [-0.39, 0.29) is 17.5 Å². The number of aromatic nitrogens is 3. The number of nitrogens with zero attached hydrogens (tertiary/aromatic N) is 3. The molecule has 1 aromatic heterocycles. The lowest BCUT2D eigenvalue weighted by molar-refractivity contribution is 0.0978. The van der Waals surface area contributed by atoms with Gasteiger partial charge < -0.3 is 4.90 Å². The molecule has 0 saturated carbocycles. The van der Waals surface area contributed by atoms with Crippen molar-refractivity contribution < 1.29 is 9.18 Å². The van der Waals surface area contributed by atoms with Crippen molar-refractivity contribution >= 4 is 11.6 Å². The first-order valence-corrected chi connectivity index (χ1v) is 6.64. The largest absolute Gasteiger partial charge is 0.306 e. The first-order valence-electron chi connectivity index (χ1n) is 6.64. The molecular formula is C14H17FN4O.